The zero-order valence-corrected chi connectivity index (χ0v) is 16.0. The molecule has 5 nitrogen and oxygen atoms in total. The van der Waals surface area contributed by atoms with Crippen LogP contribution in [0.15, 0.2) is 65.5 Å². The van der Waals surface area contributed by atoms with Crippen molar-refractivity contribution in [2.45, 2.75) is 13.3 Å². The van der Waals surface area contributed by atoms with E-state index in [9.17, 15) is 9.59 Å². The lowest BCUT2D eigenvalue weighted by Gasteiger charge is -2.12. The van der Waals surface area contributed by atoms with Gasteiger partial charge in [-0.15, -0.1) is 0 Å². The van der Waals surface area contributed by atoms with Crippen molar-refractivity contribution >= 4 is 17.5 Å². The Bertz CT molecular complexity index is 1130. The van der Waals surface area contributed by atoms with Crippen molar-refractivity contribution in [3.8, 4) is 11.8 Å². The fraction of sp³-hybridized carbons (Fsp3) is 0.136. The molecule has 0 saturated carbocycles. The van der Waals surface area contributed by atoms with Gasteiger partial charge >= 0.3 is 0 Å². The highest BCUT2D eigenvalue weighted by Gasteiger charge is 2.15. The first kappa shape index (κ1) is 19.4. The molecule has 1 heterocycles. The van der Waals surface area contributed by atoms with E-state index in [0.29, 0.717) is 34.9 Å². The SMILES string of the molecule is Cc1ccc(C(=O)NCCc2cccc(Cl)c2)c(=O)n1-c1cccc(C#N)c1. The summed E-state index contributed by atoms with van der Waals surface area (Å²) in [4.78, 5) is 25.4. The van der Waals surface area contributed by atoms with E-state index in [1.165, 1.54) is 10.6 Å². The van der Waals surface area contributed by atoms with E-state index in [1.807, 2.05) is 18.2 Å². The normalized spacial score (nSPS) is 10.3. The third-order valence-electron chi connectivity index (χ3n) is 4.34. The van der Waals surface area contributed by atoms with Crippen LogP contribution in [0.2, 0.25) is 5.02 Å². The van der Waals surface area contributed by atoms with Crippen molar-refractivity contribution in [1.82, 2.24) is 9.88 Å². The van der Waals surface area contributed by atoms with Crippen molar-refractivity contribution in [3.05, 3.63) is 98.4 Å². The van der Waals surface area contributed by atoms with Crippen LogP contribution in [0.25, 0.3) is 5.69 Å². The first-order valence-electron chi connectivity index (χ1n) is 8.75. The summed E-state index contributed by atoms with van der Waals surface area (Å²) in [5, 5.41) is 12.5. The number of nitriles is 1. The molecule has 0 unspecified atom stereocenters. The summed E-state index contributed by atoms with van der Waals surface area (Å²) in [6.45, 7) is 2.16. The second-order valence-electron chi connectivity index (χ2n) is 6.33. The van der Waals surface area contributed by atoms with Crippen molar-refractivity contribution in [1.29, 1.82) is 5.26 Å². The highest BCUT2D eigenvalue weighted by atomic mass is 35.5. The number of hydrogen-bond acceptors (Lipinski definition) is 3. The lowest BCUT2D eigenvalue weighted by atomic mass is 10.1. The molecule has 0 aliphatic rings. The third-order valence-corrected chi connectivity index (χ3v) is 4.58. The maximum absolute atomic E-state index is 12.9. The van der Waals surface area contributed by atoms with E-state index in [-0.39, 0.29) is 5.56 Å². The predicted octanol–water partition coefficient (Wildman–Crippen LogP) is 3.64. The zero-order chi connectivity index (χ0) is 20.1. The van der Waals surface area contributed by atoms with Crippen LogP contribution in [-0.2, 0) is 6.42 Å². The summed E-state index contributed by atoms with van der Waals surface area (Å²) in [5.74, 6) is -0.433. The Balaban J connectivity index is 1.81. The van der Waals surface area contributed by atoms with Crippen LogP contribution in [0.4, 0.5) is 0 Å². The van der Waals surface area contributed by atoms with Crippen molar-refractivity contribution in [2.75, 3.05) is 6.54 Å². The Kier molecular flexibility index (Phi) is 5.93. The minimum absolute atomic E-state index is 0.0547. The number of halogens is 1. The third kappa shape index (κ3) is 4.30. The molecule has 3 rings (SSSR count). The molecule has 0 fully saturated rings. The van der Waals surface area contributed by atoms with Gasteiger partial charge in [-0.3, -0.25) is 14.2 Å². The van der Waals surface area contributed by atoms with Gasteiger partial charge in [0, 0.05) is 17.3 Å². The molecule has 0 aliphatic carbocycles. The summed E-state index contributed by atoms with van der Waals surface area (Å²) in [7, 11) is 0. The van der Waals surface area contributed by atoms with Crippen LogP contribution in [-0.4, -0.2) is 17.0 Å². The van der Waals surface area contributed by atoms with E-state index in [1.54, 1.807) is 43.3 Å². The molecule has 1 amide bonds. The second kappa shape index (κ2) is 8.55. The Labute approximate surface area is 167 Å². The second-order valence-corrected chi connectivity index (χ2v) is 6.76. The van der Waals surface area contributed by atoms with E-state index in [2.05, 4.69) is 11.4 Å². The molecular weight excluding hydrogens is 374 g/mol. The standard InChI is InChI=1S/C22H18ClN3O2/c1-15-8-9-20(21(27)25-11-10-16-4-2-6-18(23)12-16)22(28)26(15)19-7-3-5-17(13-19)14-24/h2-9,12-13H,10-11H2,1H3,(H,25,27). The minimum Gasteiger partial charge on any atom is -0.352 e. The van der Waals surface area contributed by atoms with Crippen LogP contribution in [0.5, 0.6) is 0 Å². The van der Waals surface area contributed by atoms with Crippen molar-refractivity contribution < 1.29 is 4.79 Å². The maximum atomic E-state index is 12.9. The number of pyridine rings is 1. The summed E-state index contributed by atoms with van der Waals surface area (Å²) < 4.78 is 1.44. The minimum atomic E-state index is -0.433. The first-order chi connectivity index (χ1) is 13.5. The fourth-order valence-electron chi connectivity index (χ4n) is 2.95. The summed E-state index contributed by atoms with van der Waals surface area (Å²) in [5.41, 5.74) is 2.31. The van der Waals surface area contributed by atoms with Gasteiger partial charge in [-0.25, -0.2) is 0 Å². The number of hydrogen-bond donors (Lipinski definition) is 1. The number of carbonyl (C=O) groups is 1. The number of nitrogens with one attached hydrogen (secondary N) is 1. The maximum Gasteiger partial charge on any atom is 0.268 e. The quantitative estimate of drug-likeness (QED) is 0.721. The summed E-state index contributed by atoms with van der Waals surface area (Å²) >= 11 is 5.96. The Hall–Kier alpha value is -3.36. The highest BCUT2D eigenvalue weighted by Crippen LogP contribution is 2.12. The van der Waals surface area contributed by atoms with Crippen LogP contribution in [0.3, 0.4) is 0 Å². The number of carbonyl (C=O) groups excluding carboxylic acids is 1. The first-order valence-corrected chi connectivity index (χ1v) is 9.13. The van der Waals surface area contributed by atoms with Crippen LogP contribution >= 0.6 is 11.6 Å². The molecule has 0 spiro atoms. The molecule has 3 aromatic rings. The van der Waals surface area contributed by atoms with E-state index >= 15 is 0 Å². The topological polar surface area (TPSA) is 74.9 Å². The Morgan fingerprint density at radius 1 is 1.14 bits per heavy atom. The van der Waals surface area contributed by atoms with Gasteiger partial charge in [0.25, 0.3) is 11.5 Å². The molecule has 1 aromatic heterocycles. The highest BCUT2D eigenvalue weighted by molar-refractivity contribution is 6.30. The van der Waals surface area contributed by atoms with Gasteiger partial charge < -0.3 is 5.32 Å². The fourth-order valence-corrected chi connectivity index (χ4v) is 3.16. The molecule has 6 heteroatoms. The van der Waals surface area contributed by atoms with Gasteiger partial charge in [0.05, 0.1) is 17.3 Å². The molecule has 0 atom stereocenters. The molecule has 2 aromatic carbocycles. The molecule has 28 heavy (non-hydrogen) atoms. The Morgan fingerprint density at radius 3 is 2.68 bits per heavy atom. The number of amides is 1. The van der Waals surface area contributed by atoms with Gasteiger partial charge in [-0.05, 0) is 61.4 Å². The van der Waals surface area contributed by atoms with Gasteiger partial charge in [0.2, 0.25) is 0 Å². The van der Waals surface area contributed by atoms with Crippen molar-refractivity contribution in [3.63, 3.8) is 0 Å². The summed E-state index contributed by atoms with van der Waals surface area (Å²) in [6.07, 6.45) is 0.608. The molecule has 1 N–H and O–H groups in total. The van der Waals surface area contributed by atoms with E-state index in [4.69, 9.17) is 16.9 Å². The van der Waals surface area contributed by atoms with Gasteiger partial charge in [-0.1, -0.05) is 29.8 Å². The summed E-state index contributed by atoms with van der Waals surface area (Å²) in [6, 6.07) is 19.4. The predicted molar refractivity (Wildman–Crippen MR) is 109 cm³/mol. The number of rotatable bonds is 5. The molecule has 0 bridgehead atoms. The largest absolute Gasteiger partial charge is 0.352 e. The average Bonchev–Trinajstić information content (AvgIpc) is 2.68. The van der Waals surface area contributed by atoms with Gasteiger partial charge in [0.1, 0.15) is 5.56 Å². The lowest BCUT2D eigenvalue weighted by molar-refractivity contribution is 0.0952. The average molecular weight is 392 g/mol. The molecule has 0 aliphatic heterocycles. The van der Waals surface area contributed by atoms with Crippen LogP contribution in [0, 0.1) is 18.3 Å². The van der Waals surface area contributed by atoms with Crippen molar-refractivity contribution in [2.24, 2.45) is 0 Å². The van der Waals surface area contributed by atoms with E-state index in [0.717, 1.165) is 5.56 Å². The number of nitrogens with zero attached hydrogens (tertiary/aromatic N) is 2. The smallest absolute Gasteiger partial charge is 0.268 e. The van der Waals surface area contributed by atoms with Crippen LogP contribution in [0.1, 0.15) is 27.2 Å². The van der Waals surface area contributed by atoms with Gasteiger partial charge in [-0.2, -0.15) is 5.26 Å². The Morgan fingerprint density at radius 2 is 1.93 bits per heavy atom. The molecule has 0 saturated heterocycles. The molecular formula is C22H18ClN3O2. The number of aryl methyl sites for hydroxylation is 1. The van der Waals surface area contributed by atoms with Crippen LogP contribution < -0.4 is 10.9 Å². The molecule has 0 radical (unpaired) electrons. The molecule has 140 valence electrons. The number of benzene rings is 2. The number of aromatic nitrogens is 1. The van der Waals surface area contributed by atoms with E-state index < -0.39 is 11.5 Å². The van der Waals surface area contributed by atoms with Gasteiger partial charge in [0.15, 0.2) is 0 Å². The monoisotopic (exact) mass is 391 g/mol. The lowest BCUT2D eigenvalue weighted by Crippen LogP contribution is -2.34. The zero-order valence-electron chi connectivity index (χ0n) is 15.3.